The summed E-state index contributed by atoms with van der Waals surface area (Å²) in [4.78, 5) is 27.9. The van der Waals surface area contributed by atoms with E-state index < -0.39 is 0 Å². The maximum Gasteiger partial charge on any atom is 0.253 e. The molecule has 1 amide bonds. The van der Waals surface area contributed by atoms with E-state index >= 15 is 0 Å². The molecule has 1 aromatic heterocycles. The fourth-order valence-electron chi connectivity index (χ4n) is 4.11. The van der Waals surface area contributed by atoms with E-state index in [9.17, 15) is 9.59 Å². The molecule has 0 bridgehead atoms. The van der Waals surface area contributed by atoms with Gasteiger partial charge in [-0.1, -0.05) is 15.9 Å². The van der Waals surface area contributed by atoms with Crippen LogP contribution in [-0.2, 0) is 6.54 Å². The van der Waals surface area contributed by atoms with Crippen molar-refractivity contribution in [1.82, 2.24) is 10.3 Å². The topological polar surface area (TPSA) is 100 Å². The summed E-state index contributed by atoms with van der Waals surface area (Å²) in [5.74, 6) is 0.413. The van der Waals surface area contributed by atoms with Crippen LogP contribution in [-0.4, -0.2) is 23.5 Å². The van der Waals surface area contributed by atoms with Gasteiger partial charge in [0.1, 0.15) is 0 Å². The van der Waals surface area contributed by atoms with Crippen molar-refractivity contribution in [2.24, 2.45) is 11.7 Å². The number of anilines is 1. The van der Waals surface area contributed by atoms with Gasteiger partial charge in [0, 0.05) is 46.1 Å². The summed E-state index contributed by atoms with van der Waals surface area (Å²) < 4.78 is 0.843. The number of benzene rings is 1. The van der Waals surface area contributed by atoms with E-state index in [0.29, 0.717) is 23.1 Å². The first-order valence-corrected chi connectivity index (χ1v) is 11.3. The van der Waals surface area contributed by atoms with Crippen LogP contribution >= 0.6 is 15.9 Å². The number of aromatic nitrogens is 1. The maximum atomic E-state index is 12.9. The van der Waals surface area contributed by atoms with Crippen molar-refractivity contribution >= 4 is 27.5 Å². The van der Waals surface area contributed by atoms with Crippen molar-refractivity contribution in [1.29, 1.82) is 0 Å². The predicted octanol–water partition coefficient (Wildman–Crippen LogP) is 3.92. The molecule has 1 fully saturated rings. The number of aryl methyl sites for hydroxylation is 2. The number of hydrogen-bond donors (Lipinski definition) is 4. The van der Waals surface area contributed by atoms with Gasteiger partial charge in [0.2, 0.25) is 0 Å². The van der Waals surface area contributed by atoms with Crippen LogP contribution in [0.25, 0.3) is 0 Å². The number of amides is 1. The van der Waals surface area contributed by atoms with E-state index in [2.05, 4.69) is 31.5 Å². The van der Waals surface area contributed by atoms with Gasteiger partial charge >= 0.3 is 0 Å². The molecular formula is C23H31BrN4O2. The number of nitrogens with two attached hydrogens (primary N) is 1. The van der Waals surface area contributed by atoms with E-state index in [1.807, 2.05) is 39.0 Å². The van der Waals surface area contributed by atoms with Gasteiger partial charge in [0.25, 0.3) is 11.5 Å². The van der Waals surface area contributed by atoms with Crippen LogP contribution in [0, 0.1) is 26.7 Å². The van der Waals surface area contributed by atoms with Crippen LogP contribution in [0.3, 0.4) is 0 Å². The lowest BCUT2D eigenvalue weighted by Crippen LogP contribution is -2.30. The molecule has 0 radical (unpaired) electrons. The van der Waals surface area contributed by atoms with Crippen molar-refractivity contribution in [2.45, 2.75) is 59.0 Å². The average Bonchev–Trinajstić information content (AvgIpc) is 2.68. The van der Waals surface area contributed by atoms with E-state index in [0.717, 1.165) is 59.2 Å². The molecule has 30 heavy (non-hydrogen) atoms. The Morgan fingerprint density at radius 3 is 2.53 bits per heavy atom. The Bertz CT molecular complexity index is 978. The van der Waals surface area contributed by atoms with E-state index in [-0.39, 0.29) is 18.0 Å². The molecule has 0 saturated heterocycles. The van der Waals surface area contributed by atoms with Crippen molar-refractivity contribution in [2.75, 3.05) is 11.9 Å². The van der Waals surface area contributed by atoms with Crippen LogP contribution in [0.15, 0.2) is 27.5 Å². The van der Waals surface area contributed by atoms with Crippen LogP contribution < -0.4 is 21.9 Å². The number of halogens is 1. The Kier molecular flexibility index (Phi) is 7.36. The summed E-state index contributed by atoms with van der Waals surface area (Å²) in [5, 5.41) is 6.43. The lowest BCUT2D eigenvalue weighted by atomic mass is 9.86. The number of carbonyl (C=O) groups is 1. The number of rotatable bonds is 6. The Morgan fingerprint density at radius 1 is 1.17 bits per heavy atom. The number of nitrogens with one attached hydrogen (secondary N) is 3. The van der Waals surface area contributed by atoms with Gasteiger partial charge in [0.15, 0.2) is 0 Å². The summed E-state index contributed by atoms with van der Waals surface area (Å²) in [6, 6.07) is 6.08. The second kappa shape index (κ2) is 9.79. The molecule has 0 atom stereocenters. The van der Waals surface area contributed by atoms with Crippen molar-refractivity contribution in [3.8, 4) is 0 Å². The Morgan fingerprint density at radius 2 is 1.87 bits per heavy atom. The molecular weight excluding hydrogens is 444 g/mol. The summed E-state index contributed by atoms with van der Waals surface area (Å²) in [7, 11) is 0. The molecule has 1 aromatic carbocycles. The van der Waals surface area contributed by atoms with E-state index in [4.69, 9.17) is 5.73 Å². The first-order valence-electron chi connectivity index (χ1n) is 10.5. The van der Waals surface area contributed by atoms with Crippen LogP contribution in [0.2, 0.25) is 0 Å². The third-order valence-electron chi connectivity index (χ3n) is 6.01. The molecule has 0 aliphatic heterocycles. The fourth-order valence-corrected chi connectivity index (χ4v) is 4.57. The van der Waals surface area contributed by atoms with Gasteiger partial charge in [0.05, 0.1) is 0 Å². The van der Waals surface area contributed by atoms with Crippen molar-refractivity contribution in [3.63, 3.8) is 0 Å². The molecule has 1 aliphatic carbocycles. The average molecular weight is 475 g/mol. The highest BCUT2D eigenvalue weighted by Crippen LogP contribution is 2.28. The standard InChI is InChI=1S/C23H31BrN4O2/c1-13-8-14(2)28-23(30)20(13)12-27-22(29)19-9-17(24)10-21(15(19)3)26-11-16-4-6-18(25)7-5-16/h8-10,16,18,26H,4-7,11-12,25H2,1-3H3,(H,27,29)(H,28,30). The molecule has 5 N–H and O–H groups in total. The highest BCUT2D eigenvalue weighted by Gasteiger charge is 2.19. The zero-order chi connectivity index (χ0) is 21.8. The molecule has 3 rings (SSSR count). The molecule has 1 heterocycles. The summed E-state index contributed by atoms with van der Waals surface area (Å²) >= 11 is 3.53. The number of aromatic amines is 1. The zero-order valence-corrected chi connectivity index (χ0v) is 19.5. The Hall–Kier alpha value is -2.12. The molecule has 162 valence electrons. The molecule has 6 nitrogen and oxygen atoms in total. The second-order valence-electron chi connectivity index (χ2n) is 8.41. The van der Waals surface area contributed by atoms with Crippen LogP contribution in [0.4, 0.5) is 5.69 Å². The number of carbonyl (C=O) groups excluding carboxylic acids is 1. The number of hydrogen-bond acceptors (Lipinski definition) is 4. The van der Waals surface area contributed by atoms with Gasteiger partial charge in [-0.3, -0.25) is 9.59 Å². The molecule has 2 aromatic rings. The summed E-state index contributed by atoms with van der Waals surface area (Å²) in [6.45, 7) is 6.75. The normalized spacial score (nSPS) is 18.8. The summed E-state index contributed by atoms with van der Waals surface area (Å²) in [6.07, 6.45) is 4.43. The quantitative estimate of drug-likeness (QED) is 0.509. The molecule has 0 unspecified atom stereocenters. The third-order valence-corrected chi connectivity index (χ3v) is 6.47. The summed E-state index contributed by atoms with van der Waals surface area (Å²) in [5.41, 5.74) is 10.6. The minimum atomic E-state index is -0.195. The maximum absolute atomic E-state index is 12.9. The zero-order valence-electron chi connectivity index (χ0n) is 17.9. The van der Waals surface area contributed by atoms with Gasteiger partial charge in [-0.25, -0.2) is 0 Å². The number of pyridine rings is 1. The molecule has 7 heteroatoms. The van der Waals surface area contributed by atoms with Gasteiger partial charge in [-0.15, -0.1) is 0 Å². The molecule has 1 saturated carbocycles. The fraction of sp³-hybridized carbons (Fsp3) is 0.478. The lowest BCUT2D eigenvalue weighted by Gasteiger charge is -2.27. The van der Waals surface area contributed by atoms with Crippen molar-refractivity contribution in [3.05, 3.63) is 61.0 Å². The SMILES string of the molecule is Cc1cc(C)c(CNC(=O)c2cc(Br)cc(NCC3CCC(N)CC3)c2C)c(=O)[nH]1. The van der Waals surface area contributed by atoms with Crippen LogP contribution in [0.5, 0.6) is 0 Å². The highest BCUT2D eigenvalue weighted by atomic mass is 79.9. The number of H-pyrrole nitrogens is 1. The third kappa shape index (κ3) is 5.52. The predicted molar refractivity (Wildman–Crippen MR) is 125 cm³/mol. The molecule has 0 spiro atoms. The van der Waals surface area contributed by atoms with Gasteiger partial charge in [-0.05, 0) is 81.7 Å². The first-order chi connectivity index (χ1) is 14.2. The largest absolute Gasteiger partial charge is 0.385 e. The minimum absolute atomic E-state index is 0.159. The minimum Gasteiger partial charge on any atom is -0.385 e. The second-order valence-corrected chi connectivity index (χ2v) is 9.33. The van der Waals surface area contributed by atoms with Crippen molar-refractivity contribution < 1.29 is 4.79 Å². The monoisotopic (exact) mass is 474 g/mol. The van der Waals surface area contributed by atoms with Gasteiger partial charge in [-0.2, -0.15) is 0 Å². The van der Waals surface area contributed by atoms with E-state index in [1.54, 1.807) is 0 Å². The highest BCUT2D eigenvalue weighted by molar-refractivity contribution is 9.10. The smallest absolute Gasteiger partial charge is 0.253 e. The van der Waals surface area contributed by atoms with Gasteiger partial charge < -0.3 is 21.4 Å². The van der Waals surface area contributed by atoms with E-state index in [1.165, 1.54) is 0 Å². The molecule has 1 aliphatic rings. The first kappa shape index (κ1) is 22.6. The van der Waals surface area contributed by atoms with Crippen LogP contribution in [0.1, 0.15) is 58.4 Å². The Balaban J connectivity index is 1.69. The Labute approximate surface area is 186 Å². The lowest BCUT2D eigenvalue weighted by molar-refractivity contribution is 0.0950.